The lowest BCUT2D eigenvalue weighted by Crippen LogP contribution is -1.96. The highest BCUT2D eigenvalue weighted by Crippen LogP contribution is 2.16. The minimum atomic E-state index is -0.234. The standard InChI is InChI=1S/C11H11Br2FO/c12-5-1-2-6-15-8-9-7-10(13)3-4-11(9)14/h1-4,7H,5-6,8H2/b2-1+. The Labute approximate surface area is 106 Å². The molecule has 0 saturated heterocycles. The number of allylic oxidation sites excluding steroid dienone is 1. The van der Waals surface area contributed by atoms with Crippen molar-refractivity contribution < 1.29 is 9.13 Å². The Bertz CT molecular complexity index is 339. The van der Waals surface area contributed by atoms with Crippen LogP contribution in [0.5, 0.6) is 0 Å². The number of ether oxygens (including phenoxy) is 1. The molecule has 0 radical (unpaired) electrons. The second-order valence-electron chi connectivity index (χ2n) is 2.88. The van der Waals surface area contributed by atoms with Crippen molar-refractivity contribution in [2.75, 3.05) is 11.9 Å². The van der Waals surface area contributed by atoms with Gasteiger partial charge in [-0.05, 0) is 18.2 Å². The van der Waals surface area contributed by atoms with Crippen molar-refractivity contribution in [1.29, 1.82) is 0 Å². The molecule has 0 aliphatic heterocycles. The van der Waals surface area contributed by atoms with Crippen LogP contribution >= 0.6 is 31.9 Å². The van der Waals surface area contributed by atoms with Gasteiger partial charge >= 0.3 is 0 Å². The van der Waals surface area contributed by atoms with Gasteiger partial charge < -0.3 is 4.74 Å². The molecule has 0 bridgehead atoms. The average Bonchev–Trinajstić information content (AvgIpc) is 2.23. The van der Waals surface area contributed by atoms with E-state index in [2.05, 4.69) is 31.9 Å². The van der Waals surface area contributed by atoms with Crippen LogP contribution in [-0.4, -0.2) is 11.9 Å². The van der Waals surface area contributed by atoms with Gasteiger partial charge in [0.25, 0.3) is 0 Å². The molecule has 1 aromatic rings. The van der Waals surface area contributed by atoms with E-state index in [1.165, 1.54) is 6.07 Å². The van der Waals surface area contributed by atoms with Crippen molar-refractivity contribution in [3.63, 3.8) is 0 Å². The van der Waals surface area contributed by atoms with Gasteiger partial charge in [0.1, 0.15) is 5.82 Å². The van der Waals surface area contributed by atoms with E-state index < -0.39 is 0 Å². The molecule has 0 atom stereocenters. The Hall–Kier alpha value is -0.190. The van der Waals surface area contributed by atoms with E-state index in [9.17, 15) is 4.39 Å². The highest BCUT2D eigenvalue weighted by molar-refractivity contribution is 9.10. The molecule has 4 heteroatoms. The van der Waals surface area contributed by atoms with Crippen LogP contribution in [0.4, 0.5) is 4.39 Å². The summed E-state index contributed by atoms with van der Waals surface area (Å²) in [5, 5.41) is 0.807. The molecule has 1 nitrogen and oxygen atoms in total. The van der Waals surface area contributed by atoms with Crippen LogP contribution in [0.25, 0.3) is 0 Å². The predicted octanol–water partition coefficient (Wildman–Crippen LogP) is 4.06. The van der Waals surface area contributed by atoms with E-state index in [-0.39, 0.29) is 12.4 Å². The molecule has 0 amide bonds. The SMILES string of the molecule is Fc1ccc(Br)cc1COC/C=C/CBr. The Morgan fingerprint density at radius 2 is 2.13 bits per heavy atom. The summed E-state index contributed by atoms with van der Waals surface area (Å²) >= 11 is 6.55. The van der Waals surface area contributed by atoms with E-state index in [4.69, 9.17) is 4.74 Å². The van der Waals surface area contributed by atoms with Crippen molar-refractivity contribution in [1.82, 2.24) is 0 Å². The Kier molecular flexibility index (Phi) is 6.13. The summed E-state index contributed by atoms with van der Waals surface area (Å²) in [5.41, 5.74) is 0.566. The first-order chi connectivity index (χ1) is 7.24. The fraction of sp³-hybridized carbons (Fsp3) is 0.273. The van der Waals surface area contributed by atoms with E-state index in [1.807, 2.05) is 12.2 Å². The third-order valence-electron chi connectivity index (χ3n) is 1.74. The maximum absolute atomic E-state index is 13.2. The molecule has 0 aromatic heterocycles. The molecule has 0 fully saturated rings. The summed E-state index contributed by atoms with van der Waals surface area (Å²) in [6, 6.07) is 4.82. The van der Waals surface area contributed by atoms with Gasteiger partial charge in [-0.15, -0.1) is 0 Å². The summed E-state index contributed by atoms with van der Waals surface area (Å²) < 4.78 is 19.4. The molecule has 0 heterocycles. The number of halogens is 3. The van der Waals surface area contributed by atoms with Gasteiger partial charge in [-0.25, -0.2) is 4.39 Å². The van der Waals surface area contributed by atoms with Crippen molar-refractivity contribution in [2.24, 2.45) is 0 Å². The molecule has 15 heavy (non-hydrogen) atoms. The molecular formula is C11H11Br2FO. The van der Waals surface area contributed by atoms with Crippen LogP contribution in [0.2, 0.25) is 0 Å². The van der Waals surface area contributed by atoms with Gasteiger partial charge in [0, 0.05) is 15.4 Å². The molecule has 0 unspecified atom stereocenters. The lowest BCUT2D eigenvalue weighted by atomic mass is 10.2. The van der Waals surface area contributed by atoms with Gasteiger partial charge in [0.2, 0.25) is 0 Å². The summed E-state index contributed by atoms with van der Waals surface area (Å²) in [7, 11) is 0. The second kappa shape index (κ2) is 7.14. The monoisotopic (exact) mass is 336 g/mol. The molecule has 1 aromatic carbocycles. The highest BCUT2D eigenvalue weighted by Gasteiger charge is 2.01. The Morgan fingerprint density at radius 1 is 1.33 bits per heavy atom. The summed E-state index contributed by atoms with van der Waals surface area (Å²) in [4.78, 5) is 0. The normalized spacial score (nSPS) is 11.1. The average molecular weight is 338 g/mol. The zero-order valence-electron chi connectivity index (χ0n) is 8.05. The largest absolute Gasteiger partial charge is 0.373 e. The maximum Gasteiger partial charge on any atom is 0.128 e. The first kappa shape index (κ1) is 12.9. The van der Waals surface area contributed by atoms with Crippen molar-refractivity contribution in [3.8, 4) is 0 Å². The lowest BCUT2D eigenvalue weighted by Gasteiger charge is -2.03. The number of hydrogen-bond donors (Lipinski definition) is 0. The second-order valence-corrected chi connectivity index (χ2v) is 4.44. The minimum Gasteiger partial charge on any atom is -0.373 e. The van der Waals surface area contributed by atoms with Crippen molar-refractivity contribution in [2.45, 2.75) is 6.61 Å². The van der Waals surface area contributed by atoms with E-state index in [1.54, 1.807) is 12.1 Å². The number of hydrogen-bond acceptors (Lipinski definition) is 1. The van der Waals surface area contributed by atoms with E-state index in [0.29, 0.717) is 12.2 Å². The predicted molar refractivity (Wildman–Crippen MR) is 66.7 cm³/mol. The first-order valence-corrected chi connectivity index (χ1v) is 6.38. The molecular weight excluding hydrogens is 327 g/mol. The van der Waals surface area contributed by atoms with Crippen LogP contribution in [0.3, 0.4) is 0 Å². The summed E-state index contributed by atoms with van der Waals surface area (Å²) in [5.74, 6) is -0.234. The quantitative estimate of drug-likeness (QED) is 0.447. The number of alkyl halides is 1. The molecule has 0 aliphatic rings. The van der Waals surface area contributed by atoms with Gasteiger partial charge in [-0.2, -0.15) is 0 Å². The Morgan fingerprint density at radius 3 is 2.87 bits per heavy atom. The smallest absolute Gasteiger partial charge is 0.128 e. The fourth-order valence-electron chi connectivity index (χ4n) is 1.02. The van der Waals surface area contributed by atoms with Gasteiger partial charge in [-0.1, -0.05) is 44.0 Å². The van der Waals surface area contributed by atoms with Crippen molar-refractivity contribution in [3.05, 3.63) is 46.2 Å². The van der Waals surface area contributed by atoms with Gasteiger partial charge in [0.15, 0.2) is 0 Å². The zero-order chi connectivity index (χ0) is 11.1. The summed E-state index contributed by atoms with van der Waals surface area (Å²) in [6.45, 7) is 0.787. The number of rotatable bonds is 5. The van der Waals surface area contributed by atoms with Crippen LogP contribution in [0, 0.1) is 5.82 Å². The van der Waals surface area contributed by atoms with Gasteiger partial charge in [-0.3, -0.25) is 0 Å². The lowest BCUT2D eigenvalue weighted by molar-refractivity contribution is 0.146. The van der Waals surface area contributed by atoms with Crippen LogP contribution in [0.1, 0.15) is 5.56 Å². The van der Waals surface area contributed by atoms with Crippen LogP contribution < -0.4 is 0 Å². The fourth-order valence-corrected chi connectivity index (χ4v) is 1.69. The minimum absolute atomic E-state index is 0.234. The van der Waals surface area contributed by atoms with Crippen molar-refractivity contribution >= 4 is 31.9 Å². The highest BCUT2D eigenvalue weighted by atomic mass is 79.9. The third-order valence-corrected chi connectivity index (χ3v) is 2.60. The van der Waals surface area contributed by atoms with Crippen LogP contribution in [-0.2, 0) is 11.3 Å². The topological polar surface area (TPSA) is 9.23 Å². The molecule has 0 aliphatic carbocycles. The van der Waals surface area contributed by atoms with E-state index in [0.717, 1.165) is 9.80 Å². The zero-order valence-corrected chi connectivity index (χ0v) is 11.2. The third kappa shape index (κ3) is 4.91. The summed E-state index contributed by atoms with van der Waals surface area (Å²) in [6.07, 6.45) is 3.84. The Balaban J connectivity index is 2.43. The first-order valence-electron chi connectivity index (χ1n) is 4.46. The molecule has 0 spiro atoms. The molecule has 82 valence electrons. The molecule has 0 N–H and O–H groups in total. The maximum atomic E-state index is 13.2. The molecule has 0 saturated carbocycles. The van der Waals surface area contributed by atoms with Gasteiger partial charge in [0.05, 0.1) is 13.2 Å². The molecule has 1 rings (SSSR count). The van der Waals surface area contributed by atoms with E-state index >= 15 is 0 Å². The number of benzene rings is 1. The van der Waals surface area contributed by atoms with Crippen LogP contribution in [0.15, 0.2) is 34.8 Å².